The van der Waals surface area contributed by atoms with Crippen molar-refractivity contribution in [3.63, 3.8) is 0 Å². The molecule has 24 heavy (non-hydrogen) atoms. The van der Waals surface area contributed by atoms with Crippen LogP contribution < -0.4 is 4.90 Å². The molecule has 0 aliphatic carbocycles. The number of likely N-dealkylation sites (N-methyl/N-ethyl adjacent to an activating group) is 1. The number of amides is 1. The second-order valence-corrected chi connectivity index (χ2v) is 6.55. The molecule has 3 rings (SSSR count). The Morgan fingerprint density at radius 3 is 2.58 bits per heavy atom. The third-order valence-corrected chi connectivity index (χ3v) is 4.32. The Hall–Kier alpha value is -2.17. The van der Waals surface area contributed by atoms with E-state index in [4.69, 9.17) is 11.6 Å². The first-order valence-electron chi connectivity index (χ1n) is 8.11. The first-order valence-corrected chi connectivity index (χ1v) is 8.48. The van der Waals surface area contributed by atoms with Crippen LogP contribution in [0.5, 0.6) is 0 Å². The molecule has 1 heterocycles. The zero-order chi connectivity index (χ0) is 16.9. The summed E-state index contributed by atoms with van der Waals surface area (Å²) in [7, 11) is 2.02. The summed E-state index contributed by atoms with van der Waals surface area (Å²) in [5.41, 5.74) is 3.24. The number of carbonyl (C=O) groups is 1. The Bertz CT molecular complexity index is 728. The number of rotatable bonds is 5. The van der Waals surface area contributed by atoms with Crippen LogP contribution in [0.15, 0.2) is 59.7 Å². The number of hydrogen-bond acceptors (Lipinski definition) is 2. The van der Waals surface area contributed by atoms with Crippen LogP contribution in [0.2, 0.25) is 5.02 Å². The highest BCUT2D eigenvalue weighted by molar-refractivity contribution is 6.30. The Morgan fingerprint density at radius 1 is 1.17 bits per heavy atom. The van der Waals surface area contributed by atoms with Crippen molar-refractivity contribution in [3.05, 3.63) is 70.7 Å². The smallest absolute Gasteiger partial charge is 0.297 e. The highest BCUT2D eigenvalue weighted by atomic mass is 35.5. The average Bonchev–Trinajstić information content (AvgIpc) is 3.08. The minimum absolute atomic E-state index is 0.0624. The zero-order valence-corrected chi connectivity index (χ0v) is 14.5. The quantitative estimate of drug-likeness (QED) is 0.886. The third-order valence-electron chi connectivity index (χ3n) is 4.07. The second kappa shape index (κ2) is 7.60. The Labute approximate surface area is 147 Å². The lowest BCUT2D eigenvalue weighted by molar-refractivity contribution is -0.885. The number of carbonyl (C=O) groups excluding carboxylic acids is 1. The summed E-state index contributed by atoms with van der Waals surface area (Å²) in [6.45, 7) is 1.87. The van der Waals surface area contributed by atoms with E-state index >= 15 is 0 Å². The predicted octanol–water partition coefficient (Wildman–Crippen LogP) is 1.99. The maximum atomic E-state index is 12.5. The van der Waals surface area contributed by atoms with Crippen molar-refractivity contribution < 1.29 is 9.69 Å². The maximum absolute atomic E-state index is 12.5. The molecule has 1 aliphatic heterocycles. The lowest BCUT2D eigenvalue weighted by atomic mass is 10.1. The summed E-state index contributed by atoms with van der Waals surface area (Å²) in [5.74, 6) is 0.0624. The highest BCUT2D eigenvalue weighted by Gasteiger charge is 2.23. The van der Waals surface area contributed by atoms with Crippen molar-refractivity contribution in [1.29, 1.82) is 0 Å². The van der Waals surface area contributed by atoms with Gasteiger partial charge in [0.1, 0.15) is 6.54 Å². The van der Waals surface area contributed by atoms with E-state index in [2.05, 4.69) is 5.10 Å². The largest absolute Gasteiger partial charge is 0.326 e. The van der Waals surface area contributed by atoms with Crippen molar-refractivity contribution in [2.24, 2.45) is 5.10 Å². The lowest BCUT2D eigenvalue weighted by Gasteiger charge is -2.17. The molecule has 124 valence electrons. The number of halogens is 1. The van der Waals surface area contributed by atoms with Crippen molar-refractivity contribution >= 4 is 23.2 Å². The summed E-state index contributed by atoms with van der Waals surface area (Å²) in [4.78, 5) is 13.6. The van der Waals surface area contributed by atoms with E-state index in [1.165, 1.54) is 5.56 Å². The summed E-state index contributed by atoms with van der Waals surface area (Å²) in [6.07, 6.45) is 0.811. The highest BCUT2D eigenvalue weighted by Crippen LogP contribution is 2.13. The lowest BCUT2D eigenvalue weighted by Crippen LogP contribution is -3.08. The molecule has 1 unspecified atom stereocenters. The molecule has 1 aliphatic rings. The molecule has 2 aromatic carbocycles. The summed E-state index contributed by atoms with van der Waals surface area (Å²) < 4.78 is 0. The number of nitrogens with zero attached hydrogens (tertiary/aromatic N) is 2. The van der Waals surface area contributed by atoms with Gasteiger partial charge in [-0.3, -0.25) is 4.79 Å². The summed E-state index contributed by atoms with van der Waals surface area (Å²) in [6, 6.07) is 17.8. The minimum Gasteiger partial charge on any atom is -0.326 e. The molecule has 0 saturated carbocycles. The van der Waals surface area contributed by atoms with Crippen molar-refractivity contribution in [3.8, 4) is 0 Å². The summed E-state index contributed by atoms with van der Waals surface area (Å²) >= 11 is 5.90. The molecular formula is C19H21ClN3O+. The molecule has 0 bridgehead atoms. The van der Waals surface area contributed by atoms with E-state index in [1.54, 1.807) is 5.01 Å². The molecule has 1 atom stereocenters. The predicted molar refractivity (Wildman–Crippen MR) is 96.2 cm³/mol. The van der Waals surface area contributed by atoms with Gasteiger partial charge in [-0.1, -0.05) is 54.1 Å². The standard InChI is InChI=1S/C19H20ClN3O/c1-22(13-15-7-9-17(20)10-8-15)14-19(24)23-12-11-18(21-23)16-5-3-2-4-6-16/h2-10H,11-14H2,1H3/p+1. The molecule has 4 nitrogen and oxygen atoms in total. The van der Waals surface area contributed by atoms with E-state index in [9.17, 15) is 4.79 Å². The molecule has 0 radical (unpaired) electrons. The van der Waals surface area contributed by atoms with Gasteiger partial charge in [-0.15, -0.1) is 0 Å². The Morgan fingerprint density at radius 2 is 1.88 bits per heavy atom. The van der Waals surface area contributed by atoms with Gasteiger partial charge in [0.15, 0.2) is 6.54 Å². The monoisotopic (exact) mass is 342 g/mol. The van der Waals surface area contributed by atoms with Gasteiger partial charge in [0, 0.05) is 17.0 Å². The summed E-state index contributed by atoms with van der Waals surface area (Å²) in [5, 5.41) is 6.83. The average molecular weight is 343 g/mol. The molecule has 1 N–H and O–H groups in total. The molecule has 0 saturated heterocycles. The van der Waals surface area contributed by atoms with Crippen LogP contribution in [-0.4, -0.2) is 36.8 Å². The fourth-order valence-electron chi connectivity index (χ4n) is 2.83. The van der Waals surface area contributed by atoms with Crippen LogP contribution in [-0.2, 0) is 11.3 Å². The van der Waals surface area contributed by atoms with E-state index in [1.807, 2.05) is 61.6 Å². The van der Waals surface area contributed by atoms with Crippen LogP contribution in [0.1, 0.15) is 17.5 Å². The topological polar surface area (TPSA) is 37.1 Å². The maximum Gasteiger partial charge on any atom is 0.297 e. The first-order chi connectivity index (χ1) is 11.6. The van der Waals surface area contributed by atoms with Crippen LogP contribution in [0, 0.1) is 0 Å². The normalized spacial score (nSPS) is 15.2. The number of nitrogens with one attached hydrogen (secondary N) is 1. The van der Waals surface area contributed by atoms with Gasteiger partial charge in [0.2, 0.25) is 0 Å². The van der Waals surface area contributed by atoms with Crippen LogP contribution in [0.4, 0.5) is 0 Å². The number of hydrogen-bond donors (Lipinski definition) is 1. The van der Waals surface area contributed by atoms with Gasteiger partial charge in [0.05, 0.1) is 19.3 Å². The van der Waals surface area contributed by atoms with E-state index < -0.39 is 0 Å². The fourth-order valence-corrected chi connectivity index (χ4v) is 2.96. The second-order valence-electron chi connectivity index (χ2n) is 6.12. The van der Waals surface area contributed by atoms with E-state index in [0.717, 1.165) is 34.2 Å². The van der Waals surface area contributed by atoms with Gasteiger partial charge in [-0.2, -0.15) is 5.10 Å². The molecule has 1 amide bonds. The Kier molecular flexibility index (Phi) is 5.28. The molecule has 5 heteroatoms. The molecular weight excluding hydrogens is 322 g/mol. The van der Waals surface area contributed by atoms with Crippen molar-refractivity contribution in [1.82, 2.24) is 5.01 Å². The molecule has 0 fully saturated rings. The van der Waals surface area contributed by atoms with E-state index in [0.29, 0.717) is 13.1 Å². The van der Waals surface area contributed by atoms with Crippen LogP contribution in [0.3, 0.4) is 0 Å². The van der Waals surface area contributed by atoms with Gasteiger partial charge in [-0.25, -0.2) is 5.01 Å². The zero-order valence-electron chi connectivity index (χ0n) is 13.7. The van der Waals surface area contributed by atoms with Crippen LogP contribution >= 0.6 is 11.6 Å². The molecule has 0 aromatic heterocycles. The first kappa shape index (κ1) is 16.7. The van der Waals surface area contributed by atoms with Gasteiger partial charge >= 0.3 is 0 Å². The van der Waals surface area contributed by atoms with Crippen molar-refractivity contribution in [2.75, 3.05) is 20.1 Å². The van der Waals surface area contributed by atoms with Crippen molar-refractivity contribution in [2.45, 2.75) is 13.0 Å². The molecule has 0 spiro atoms. The SMILES string of the molecule is C[NH+](CC(=O)N1CCC(c2ccccc2)=N1)Cc1ccc(Cl)cc1. The number of hydrazone groups is 1. The minimum atomic E-state index is 0.0624. The third kappa shape index (κ3) is 4.22. The number of benzene rings is 2. The molecule has 2 aromatic rings. The fraction of sp³-hybridized carbons (Fsp3) is 0.263. The van der Waals surface area contributed by atoms with Gasteiger partial charge < -0.3 is 4.90 Å². The van der Waals surface area contributed by atoms with E-state index in [-0.39, 0.29) is 5.91 Å². The van der Waals surface area contributed by atoms with Crippen LogP contribution in [0.25, 0.3) is 0 Å². The van der Waals surface area contributed by atoms with Gasteiger partial charge in [0.25, 0.3) is 5.91 Å². The van der Waals surface area contributed by atoms with Gasteiger partial charge in [-0.05, 0) is 17.7 Å². The Balaban J connectivity index is 1.57. The number of quaternary nitrogens is 1.